The molecule has 1 N–H and O–H groups in total. The molecule has 2 aromatic carbocycles. The third-order valence-corrected chi connectivity index (χ3v) is 3.94. The Morgan fingerprint density at radius 2 is 1.73 bits per heavy atom. The van der Waals surface area contributed by atoms with Crippen LogP contribution in [0.4, 0.5) is 13.2 Å². The lowest BCUT2D eigenvalue weighted by Gasteiger charge is -2.10. The van der Waals surface area contributed by atoms with E-state index < -0.39 is 11.7 Å². The van der Waals surface area contributed by atoms with E-state index in [0.29, 0.717) is 11.5 Å². The molecule has 0 unspecified atom stereocenters. The van der Waals surface area contributed by atoms with Gasteiger partial charge in [-0.3, -0.25) is 0 Å². The van der Waals surface area contributed by atoms with Crippen LogP contribution in [0.2, 0.25) is 0 Å². The fourth-order valence-electron chi connectivity index (χ4n) is 2.22. The van der Waals surface area contributed by atoms with Crippen molar-refractivity contribution in [1.29, 1.82) is 0 Å². The molecule has 0 amide bonds. The summed E-state index contributed by atoms with van der Waals surface area (Å²) < 4.78 is 44.3. The highest BCUT2D eigenvalue weighted by Gasteiger charge is 2.30. The lowest BCUT2D eigenvalue weighted by Crippen LogP contribution is -2.04. The highest BCUT2D eigenvalue weighted by molar-refractivity contribution is 9.10. The molecule has 0 saturated heterocycles. The van der Waals surface area contributed by atoms with Crippen LogP contribution in [0.15, 0.2) is 46.9 Å². The molecule has 22 heavy (non-hydrogen) atoms. The third kappa shape index (κ3) is 2.83. The summed E-state index contributed by atoms with van der Waals surface area (Å²) >= 11 is 3.46. The standard InChI is InChI=1S/C16H11BrF3NO/c1-9-8-12-13(17)6-7-14(15(12)21-9)22-11-4-2-10(3-5-11)16(18,19)20/h2-8,21H,1H3. The van der Waals surface area contributed by atoms with Gasteiger partial charge in [0.15, 0.2) is 5.75 Å². The molecule has 114 valence electrons. The second-order valence-electron chi connectivity index (χ2n) is 4.91. The van der Waals surface area contributed by atoms with Crippen LogP contribution >= 0.6 is 15.9 Å². The van der Waals surface area contributed by atoms with Gasteiger partial charge in [0.2, 0.25) is 0 Å². The van der Waals surface area contributed by atoms with E-state index in [0.717, 1.165) is 33.2 Å². The summed E-state index contributed by atoms with van der Waals surface area (Å²) in [5.41, 5.74) is 1.07. The number of nitrogens with one attached hydrogen (secondary N) is 1. The van der Waals surface area contributed by atoms with Crippen LogP contribution in [-0.4, -0.2) is 4.98 Å². The summed E-state index contributed by atoms with van der Waals surface area (Å²) in [6.07, 6.45) is -4.35. The van der Waals surface area contributed by atoms with Gasteiger partial charge in [0.05, 0.1) is 11.1 Å². The van der Waals surface area contributed by atoms with Gasteiger partial charge < -0.3 is 9.72 Å². The second kappa shape index (κ2) is 5.35. The van der Waals surface area contributed by atoms with Crippen molar-refractivity contribution in [3.05, 3.63) is 58.2 Å². The first kappa shape index (κ1) is 15.0. The zero-order chi connectivity index (χ0) is 15.9. The zero-order valence-corrected chi connectivity index (χ0v) is 13.0. The second-order valence-corrected chi connectivity index (χ2v) is 5.77. The lowest BCUT2D eigenvalue weighted by molar-refractivity contribution is -0.137. The summed E-state index contributed by atoms with van der Waals surface area (Å²) in [5.74, 6) is 0.912. The van der Waals surface area contributed by atoms with Crippen LogP contribution in [0.3, 0.4) is 0 Å². The van der Waals surface area contributed by atoms with Crippen LogP contribution < -0.4 is 4.74 Å². The molecule has 1 aromatic heterocycles. The van der Waals surface area contributed by atoms with E-state index in [2.05, 4.69) is 20.9 Å². The van der Waals surface area contributed by atoms with E-state index in [1.807, 2.05) is 19.1 Å². The number of fused-ring (bicyclic) bond motifs is 1. The van der Waals surface area contributed by atoms with E-state index >= 15 is 0 Å². The van der Waals surface area contributed by atoms with Gasteiger partial charge in [-0.1, -0.05) is 15.9 Å². The van der Waals surface area contributed by atoms with Crippen LogP contribution in [-0.2, 0) is 6.18 Å². The van der Waals surface area contributed by atoms with Crippen molar-refractivity contribution in [2.24, 2.45) is 0 Å². The Balaban J connectivity index is 1.95. The van der Waals surface area contributed by atoms with Gasteiger partial charge in [0, 0.05) is 15.6 Å². The number of aromatic nitrogens is 1. The predicted octanol–water partition coefficient (Wildman–Crippen LogP) is 6.05. The molecule has 3 aromatic rings. The van der Waals surface area contributed by atoms with Gasteiger partial charge in [0.1, 0.15) is 5.75 Å². The molecule has 1 heterocycles. The average Bonchev–Trinajstić information content (AvgIpc) is 2.84. The van der Waals surface area contributed by atoms with Crippen LogP contribution in [0, 0.1) is 6.92 Å². The van der Waals surface area contributed by atoms with Crippen molar-refractivity contribution < 1.29 is 17.9 Å². The molecule has 0 radical (unpaired) electrons. The Labute approximate surface area is 133 Å². The van der Waals surface area contributed by atoms with Crippen molar-refractivity contribution in [2.75, 3.05) is 0 Å². The van der Waals surface area contributed by atoms with Gasteiger partial charge in [-0.2, -0.15) is 13.2 Å². The Kier molecular flexibility index (Phi) is 3.64. The first-order valence-electron chi connectivity index (χ1n) is 6.47. The molecule has 0 spiro atoms. The lowest BCUT2D eigenvalue weighted by atomic mass is 10.2. The number of benzene rings is 2. The molecule has 0 aliphatic rings. The number of halogens is 4. The molecule has 0 aliphatic heterocycles. The quantitative estimate of drug-likeness (QED) is 0.584. The average molecular weight is 370 g/mol. The SMILES string of the molecule is Cc1cc2c(Br)ccc(Oc3ccc(C(F)(F)F)cc3)c2[nH]1. The minimum Gasteiger partial charge on any atom is -0.455 e. The molecule has 0 atom stereocenters. The van der Waals surface area contributed by atoms with Gasteiger partial charge in [0.25, 0.3) is 0 Å². The Morgan fingerprint density at radius 3 is 2.36 bits per heavy atom. The fourth-order valence-corrected chi connectivity index (χ4v) is 2.66. The highest BCUT2D eigenvalue weighted by Crippen LogP contribution is 2.35. The van der Waals surface area contributed by atoms with Crippen molar-refractivity contribution in [2.45, 2.75) is 13.1 Å². The molecule has 6 heteroatoms. The minimum absolute atomic E-state index is 0.351. The maximum absolute atomic E-state index is 12.6. The number of rotatable bonds is 2. The van der Waals surface area contributed by atoms with Gasteiger partial charge in [-0.25, -0.2) is 0 Å². The summed E-state index contributed by atoms with van der Waals surface area (Å²) in [6.45, 7) is 1.92. The number of alkyl halides is 3. The van der Waals surface area contributed by atoms with Crippen molar-refractivity contribution >= 4 is 26.8 Å². The van der Waals surface area contributed by atoms with E-state index in [9.17, 15) is 13.2 Å². The number of aryl methyl sites for hydroxylation is 1. The number of hydrogen-bond donors (Lipinski definition) is 1. The predicted molar refractivity (Wildman–Crippen MR) is 82.3 cm³/mol. The Hall–Kier alpha value is -1.95. The van der Waals surface area contributed by atoms with Crippen molar-refractivity contribution in [3.63, 3.8) is 0 Å². The normalized spacial score (nSPS) is 11.9. The van der Waals surface area contributed by atoms with Crippen LogP contribution in [0.25, 0.3) is 10.9 Å². The molecule has 0 bridgehead atoms. The summed E-state index contributed by atoms with van der Waals surface area (Å²) in [6, 6.07) is 10.2. The first-order chi connectivity index (χ1) is 10.3. The zero-order valence-electron chi connectivity index (χ0n) is 11.5. The molecule has 0 saturated carbocycles. The third-order valence-electron chi connectivity index (χ3n) is 3.25. The van der Waals surface area contributed by atoms with E-state index in [-0.39, 0.29) is 0 Å². The molecule has 3 rings (SSSR count). The summed E-state index contributed by atoms with van der Waals surface area (Å²) in [7, 11) is 0. The monoisotopic (exact) mass is 369 g/mol. The van der Waals surface area contributed by atoms with Gasteiger partial charge >= 0.3 is 6.18 Å². The fraction of sp³-hybridized carbons (Fsp3) is 0.125. The molecular weight excluding hydrogens is 359 g/mol. The van der Waals surface area contributed by atoms with Crippen LogP contribution in [0.5, 0.6) is 11.5 Å². The number of hydrogen-bond acceptors (Lipinski definition) is 1. The maximum Gasteiger partial charge on any atom is 0.416 e. The van der Waals surface area contributed by atoms with E-state index in [4.69, 9.17) is 4.74 Å². The number of aromatic amines is 1. The summed E-state index contributed by atoms with van der Waals surface area (Å²) in [5, 5.41) is 0.960. The van der Waals surface area contributed by atoms with E-state index in [1.165, 1.54) is 12.1 Å². The van der Waals surface area contributed by atoms with Crippen LogP contribution in [0.1, 0.15) is 11.3 Å². The number of ether oxygens (including phenoxy) is 1. The number of H-pyrrole nitrogens is 1. The van der Waals surface area contributed by atoms with E-state index in [1.54, 1.807) is 6.07 Å². The largest absolute Gasteiger partial charge is 0.455 e. The van der Waals surface area contributed by atoms with Crippen molar-refractivity contribution in [1.82, 2.24) is 4.98 Å². The molecule has 0 aliphatic carbocycles. The molecule has 0 fully saturated rings. The first-order valence-corrected chi connectivity index (χ1v) is 7.27. The van der Waals surface area contributed by atoms with Gasteiger partial charge in [-0.05, 0) is 49.4 Å². The Morgan fingerprint density at radius 1 is 1.05 bits per heavy atom. The molecular formula is C16H11BrF3NO. The smallest absolute Gasteiger partial charge is 0.416 e. The topological polar surface area (TPSA) is 25.0 Å². The van der Waals surface area contributed by atoms with Crippen molar-refractivity contribution in [3.8, 4) is 11.5 Å². The highest BCUT2D eigenvalue weighted by atomic mass is 79.9. The van der Waals surface area contributed by atoms with Gasteiger partial charge in [-0.15, -0.1) is 0 Å². The Bertz CT molecular complexity index is 822. The summed E-state index contributed by atoms with van der Waals surface area (Å²) in [4.78, 5) is 3.19. The minimum atomic E-state index is -4.35. The molecule has 2 nitrogen and oxygen atoms in total. The maximum atomic E-state index is 12.6.